The zero-order valence-corrected chi connectivity index (χ0v) is 11.8. The first-order valence-corrected chi connectivity index (χ1v) is 6.75. The number of methoxy groups -OCH3 is 1. The molecule has 1 aliphatic carbocycles. The maximum absolute atomic E-state index is 11.8. The smallest absolute Gasteiger partial charge is 0.323 e. The van der Waals surface area contributed by atoms with Gasteiger partial charge in [-0.05, 0) is 42.0 Å². The number of fused-ring (bicyclic) bond motifs is 1. The monoisotopic (exact) mass is 262 g/mol. The van der Waals surface area contributed by atoms with Crippen LogP contribution < -0.4 is 11.1 Å². The number of nitrogens with two attached hydrogens (primary N) is 1. The second-order valence-corrected chi connectivity index (χ2v) is 5.46. The van der Waals surface area contributed by atoms with Crippen molar-refractivity contribution in [2.24, 2.45) is 5.92 Å². The van der Waals surface area contributed by atoms with Crippen molar-refractivity contribution in [1.29, 1.82) is 0 Å². The van der Waals surface area contributed by atoms with E-state index in [0.717, 1.165) is 18.5 Å². The third-order valence-corrected chi connectivity index (χ3v) is 3.75. The standard InChI is InChI=1S/C15H22N2O2/c1-9(2)14(15(18)19-3)17-13-7-4-10-8-11(16)5-6-12(10)13/h5-6,8-9,13-14,17H,4,7,16H2,1-3H3. The molecule has 104 valence electrons. The molecule has 0 fully saturated rings. The lowest BCUT2D eigenvalue weighted by Gasteiger charge is -2.24. The molecule has 0 spiro atoms. The van der Waals surface area contributed by atoms with Crippen LogP contribution in [-0.2, 0) is 16.0 Å². The van der Waals surface area contributed by atoms with Crippen molar-refractivity contribution in [2.45, 2.75) is 38.8 Å². The highest BCUT2D eigenvalue weighted by molar-refractivity contribution is 5.76. The number of carbonyl (C=O) groups is 1. The minimum Gasteiger partial charge on any atom is -0.468 e. The first-order chi connectivity index (χ1) is 9.02. The Bertz CT molecular complexity index is 471. The summed E-state index contributed by atoms with van der Waals surface area (Å²) in [5.74, 6) is 0.00387. The number of rotatable bonds is 4. The van der Waals surface area contributed by atoms with E-state index in [0.29, 0.717) is 0 Å². The molecule has 19 heavy (non-hydrogen) atoms. The highest BCUT2D eigenvalue weighted by Gasteiger charge is 2.30. The predicted molar refractivity (Wildman–Crippen MR) is 75.7 cm³/mol. The summed E-state index contributed by atoms with van der Waals surface area (Å²) in [6.07, 6.45) is 2.00. The highest BCUT2D eigenvalue weighted by Crippen LogP contribution is 2.33. The molecule has 0 amide bonds. The van der Waals surface area contributed by atoms with Gasteiger partial charge in [0.1, 0.15) is 6.04 Å². The van der Waals surface area contributed by atoms with Gasteiger partial charge in [0.15, 0.2) is 0 Å². The summed E-state index contributed by atoms with van der Waals surface area (Å²) in [5, 5.41) is 3.43. The van der Waals surface area contributed by atoms with Crippen LogP contribution in [0.15, 0.2) is 18.2 Å². The van der Waals surface area contributed by atoms with Gasteiger partial charge in [-0.1, -0.05) is 19.9 Å². The van der Waals surface area contributed by atoms with Crippen LogP contribution in [0.25, 0.3) is 0 Å². The lowest BCUT2D eigenvalue weighted by Crippen LogP contribution is -2.43. The molecule has 0 saturated carbocycles. The molecule has 0 bridgehead atoms. The van der Waals surface area contributed by atoms with Crippen LogP contribution in [0.4, 0.5) is 5.69 Å². The first-order valence-electron chi connectivity index (χ1n) is 6.75. The molecular weight excluding hydrogens is 240 g/mol. The average Bonchev–Trinajstić information content (AvgIpc) is 2.76. The Labute approximate surface area is 114 Å². The Morgan fingerprint density at radius 3 is 2.84 bits per heavy atom. The Kier molecular flexibility index (Phi) is 4.10. The third kappa shape index (κ3) is 2.89. The molecule has 2 rings (SSSR count). The van der Waals surface area contributed by atoms with Crippen LogP contribution in [0.5, 0.6) is 0 Å². The molecule has 1 aromatic rings. The summed E-state index contributed by atoms with van der Waals surface area (Å²) < 4.78 is 4.87. The average molecular weight is 262 g/mol. The molecule has 2 unspecified atom stereocenters. The molecule has 4 nitrogen and oxygen atoms in total. The van der Waals surface area contributed by atoms with Gasteiger partial charge in [-0.15, -0.1) is 0 Å². The zero-order valence-electron chi connectivity index (χ0n) is 11.8. The van der Waals surface area contributed by atoms with E-state index in [1.165, 1.54) is 18.2 Å². The topological polar surface area (TPSA) is 64.3 Å². The lowest BCUT2D eigenvalue weighted by atomic mass is 10.0. The van der Waals surface area contributed by atoms with E-state index in [4.69, 9.17) is 10.5 Å². The molecule has 0 aromatic heterocycles. The van der Waals surface area contributed by atoms with E-state index in [2.05, 4.69) is 11.4 Å². The van der Waals surface area contributed by atoms with E-state index in [1.807, 2.05) is 26.0 Å². The van der Waals surface area contributed by atoms with Crippen molar-refractivity contribution in [1.82, 2.24) is 5.32 Å². The number of nitrogen functional groups attached to an aromatic ring is 1. The molecule has 0 heterocycles. The first kappa shape index (κ1) is 13.9. The summed E-state index contributed by atoms with van der Waals surface area (Å²) >= 11 is 0. The number of nitrogens with one attached hydrogen (secondary N) is 1. The largest absolute Gasteiger partial charge is 0.468 e. The number of carbonyl (C=O) groups excluding carboxylic acids is 1. The second-order valence-electron chi connectivity index (χ2n) is 5.46. The molecule has 1 aliphatic rings. The van der Waals surface area contributed by atoms with E-state index in [1.54, 1.807) is 0 Å². The van der Waals surface area contributed by atoms with E-state index >= 15 is 0 Å². The fraction of sp³-hybridized carbons (Fsp3) is 0.533. The molecule has 2 atom stereocenters. The van der Waals surface area contributed by atoms with Crippen molar-refractivity contribution in [3.8, 4) is 0 Å². The molecule has 0 radical (unpaired) electrons. The number of esters is 1. The molecule has 4 heteroatoms. The van der Waals surface area contributed by atoms with Gasteiger partial charge < -0.3 is 10.5 Å². The van der Waals surface area contributed by atoms with E-state index in [-0.39, 0.29) is 24.0 Å². The van der Waals surface area contributed by atoms with E-state index in [9.17, 15) is 4.79 Å². The summed E-state index contributed by atoms with van der Waals surface area (Å²) in [6, 6.07) is 5.95. The maximum atomic E-state index is 11.8. The summed E-state index contributed by atoms with van der Waals surface area (Å²) in [5.41, 5.74) is 9.14. The van der Waals surface area contributed by atoms with Crippen LogP contribution in [0, 0.1) is 5.92 Å². The number of hydrogen-bond donors (Lipinski definition) is 2. The maximum Gasteiger partial charge on any atom is 0.323 e. The number of hydrogen-bond acceptors (Lipinski definition) is 4. The van der Waals surface area contributed by atoms with Crippen molar-refractivity contribution in [3.63, 3.8) is 0 Å². The van der Waals surface area contributed by atoms with Gasteiger partial charge >= 0.3 is 5.97 Å². The molecule has 0 saturated heterocycles. The summed E-state index contributed by atoms with van der Waals surface area (Å²) in [4.78, 5) is 11.8. The lowest BCUT2D eigenvalue weighted by molar-refractivity contribution is -0.144. The van der Waals surface area contributed by atoms with Gasteiger partial charge in [-0.25, -0.2) is 0 Å². The summed E-state index contributed by atoms with van der Waals surface area (Å²) in [7, 11) is 1.43. The Balaban J connectivity index is 2.15. The van der Waals surface area contributed by atoms with Crippen LogP contribution in [-0.4, -0.2) is 19.1 Å². The van der Waals surface area contributed by atoms with Gasteiger partial charge in [0, 0.05) is 11.7 Å². The van der Waals surface area contributed by atoms with Gasteiger partial charge in [0.25, 0.3) is 0 Å². The van der Waals surface area contributed by atoms with Crippen molar-refractivity contribution in [3.05, 3.63) is 29.3 Å². The van der Waals surface area contributed by atoms with E-state index < -0.39 is 0 Å². The van der Waals surface area contributed by atoms with Gasteiger partial charge in [-0.2, -0.15) is 0 Å². The number of anilines is 1. The number of ether oxygens (including phenoxy) is 1. The van der Waals surface area contributed by atoms with Crippen molar-refractivity contribution in [2.75, 3.05) is 12.8 Å². The van der Waals surface area contributed by atoms with Crippen LogP contribution in [0.2, 0.25) is 0 Å². The number of aryl methyl sites for hydroxylation is 1. The van der Waals surface area contributed by atoms with Gasteiger partial charge in [-0.3, -0.25) is 10.1 Å². The Morgan fingerprint density at radius 1 is 1.47 bits per heavy atom. The van der Waals surface area contributed by atoms with Gasteiger partial charge in [0.05, 0.1) is 7.11 Å². The fourth-order valence-electron chi connectivity index (χ4n) is 2.69. The minimum atomic E-state index is -0.265. The SMILES string of the molecule is COC(=O)C(NC1CCc2cc(N)ccc21)C(C)C. The zero-order chi connectivity index (χ0) is 14.0. The third-order valence-electron chi connectivity index (χ3n) is 3.75. The number of benzene rings is 1. The second kappa shape index (κ2) is 5.61. The summed E-state index contributed by atoms with van der Waals surface area (Å²) in [6.45, 7) is 4.04. The van der Waals surface area contributed by atoms with Crippen LogP contribution in [0.3, 0.4) is 0 Å². The fourth-order valence-corrected chi connectivity index (χ4v) is 2.69. The normalized spacial score (nSPS) is 19.3. The van der Waals surface area contributed by atoms with Gasteiger partial charge in [0.2, 0.25) is 0 Å². The van der Waals surface area contributed by atoms with Crippen molar-refractivity contribution >= 4 is 11.7 Å². The Hall–Kier alpha value is -1.55. The van der Waals surface area contributed by atoms with Crippen molar-refractivity contribution < 1.29 is 9.53 Å². The van der Waals surface area contributed by atoms with Crippen LogP contribution >= 0.6 is 0 Å². The highest BCUT2D eigenvalue weighted by atomic mass is 16.5. The molecule has 1 aromatic carbocycles. The minimum absolute atomic E-state index is 0.195. The molecule has 0 aliphatic heterocycles. The molecular formula is C15H22N2O2. The Morgan fingerprint density at radius 2 is 2.21 bits per heavy atom. The van der Waals surface area contributed by atoms with Crippen LogP contribution in [0.1, 0.15) is 37.4 Å². The molecule has 3 N–H and O–H groups in total. The quantitative estimate of drug-likeness (QED) is 0.644. The predicted octanol–water partition coefficient (Wildman–Crippen LogP) is 2.04.